The molecule has 2 aromatic rings. The van der Waals surface area contributed by atoms with E-state index in [1.807, 2.05) is 19.1 Å². The van der Waals surface area contributed by atoms with E-state index in [4.69, 9.17) is 22.1 Å². The molecule has 2 aromatic heterocycles. The van der Waals surface area contributed by atoms with E-state index < -0.39 is 0 Å². The third-order valence-corrected chi connectivity index (χ3v) is 3.64. The van der Waals surface area contributed by atoms with Gasteiger partial charge >= 0.3 is 6.01 Å². The van der Waals surface area contributed by atoms with Crippen molar-refractivity contribution in [2.75, 3.05) is 24.2 Å². The Labute approximate surface area is 126 Å². The molecule has 0 aliphatic carbocycles. The maximum absolute atomic E-state index is 5.88. The van der Waals surface area contributed by atoms with E-state index in [-0.39, 0.29) is 12.0 Å². The Bertz CT molecular complexity index is 563. The highest BCUT2D eigenvalue weighted by molar-refractivity contribution is 7.16. The van der Waals surface area contributed by atoms with E-state index >= 15 is 0 Å². The lowest BCUT2D eigenvalue weighted by Gasteiger charge is -2.07. The average molecular weight is 314 g/mol. The lowest BCUT2D eigenvalue weighted by molar-refractivity contribution is 0.292. The summed E-state index contributed by atoms with van der Waals surface area (Å²) in [6.07, 6.45) is 1.72. The van der Waals surface area contributed by atoms with E-state index in [1.54, 1.807) is 11.3 Å². The van der Waals surface area contributed by atoms with E-state index in [0.717, 1.165) is 17.2 Å². The number of nitrogens with zero attached hydrogens (tertiary/aromatic N) is 3. The summed E-state index contributed by atoms with van der Waals surface area (Å²) in [4.78, 5) is 13.3. The van der Waals surface area contributed by atoms with Crippen LogP contribution in [-0.4, -0.2) is 28.1 Å². The molecule has 0 aliphatic heterocycles. The molecule has 0 fully saturated rings. The Morgan fingerprint density at radius 2 is 2.20 bits per heavy atom. The van der Waals surface area contributed by atoms with Gasteiger partial charge in [-0.05, 0) is 25.0 Å². The normalized spacial score (nSPS) is 10.5. The van der Waals surface area contributed by atoms with Gasteiger partial charge in [-0.2, -0.15) is 15.0 Å². The van der Waals surface area contributed by atoms with Crippen molar-refractivity contribution >= 4 is 34.8 Å². The van der Waals surface area contributed by atoms with E-state index in [9.17, 15) is 0 Å². The number of aromatic nitrogens is 3. The predicted octanol–water partition coefficient (Wildman–Crippen LogP) is 2.61. The number of anilines is 2. The van der Waals surface area contributed by atoms with Crippen LogP contribution in [-0.2, 0) is 6.42 Å². The second-order valence-corrected chi connectivity index (χ2v) is 5.83. The van der Waals surface area contributed by atoms with Gasteiger partial charge in [0, 0.05) is 11.4 Å². The molecule has 0 amide bonds. The van der Waals surface area contributed by atoms with Gasteiger partial charge in [-0.15, -0.1) is 11.3 Å². The van der Waals surface area contributed by atoms with Gasteiger partial charge in [0.05, 0.1) is 10.9 Å². The molecule has 20 heavy (non-hydrogen) atoms. The largest absolute Gasteiger partial charge is 0.463 e. The summed E-state index contributed by atoms with van der Waals surface area (Å²) in [5.41, 5.74) is 5.62. The van der Waals surface area contributed by atoms with Crippen molar-refractivity contribution in [2.24, 2.45) is 0 Å². The molecule has 2 rings (SSSR count). The summed E-state index contributed by atoms with van der Waals surface area (Å²) >= 11 is 7.44. The first-order valence-corrected chi connectivity index (χ1v) is 7.49. The standard InChI is InChI=1S/C12H16ClN5OS/c1-2-7-19-12-17-10(14)16-11(18-12)15-6-5-8-3-4-9(13)20-8/h3-4H,2,5-7H2,1H3,(H3,14,15,16,17,18). The van der Waals surface area contributed by atoms with Crippen LogP contribution in [0.4, 0.5) is 11.9 Å². The topological polar surface area (TPSA) is 86.0 Å². The van der Waals surface area contributed by atoms with Crippen LogP contribution in [0.3, 0.4) is 0 Å². The molecule has 0 aromatic carbocycles. The Balaban J connectivity index is 1.89. The summed E-state index contributed by atoms with van der Waals surface area (Å²) in [5.74, 6) is 0.569. The molecular formula is C12H16ClN5OS. The highest BCUT2D eigenvalue weighted by Crippen LogP contribution is 2.21. The van der Waals surface area contributed by atoms with E-state index in [1.165, 1.54) is 4.88 Å². The Morgan fingerprint density at radius 3 is 2.90 bits per heavy atom. The number of halogens is 1. The molecule has 0 saturated heterocycles. The Hall–Kier alpha value is -1.60. The second-order valence-electron chi connectivity index (χ2n) is 4.03. The second kappa shape index (κ2) is 7.25. The van der Waals surface area contributed by atoms with Gasteiger partial charge in [0.15, 0.2) is 0 Å². The molecule has 0 radical (unpaired) electrons. The Kier molecular flexibility index (Phi) is 5.37. The number of nitrogens with two attached hydrogens (primary N) is 1. The molecule has 0 bridgehead atoms. The van der Waals surface area contributed by atoms with Crippen molar-refractivity contribution in [1.82, 2.24) is 15.0 Å². The summed E-state index contributed by atoms with van der Waals surface area (Å²) in [7, 11) is 0. The maximum atomic E-state index is 5.88. The fourth-order valence-electron chi connectivity index (χ4n) is 1.49. The number of rotatable bonds is 7. The van der Waals surface area contributed by atoms with Gasteiger partial charge in [0.1, 0.15) is 0 Å². The van der Waals surface area contributed by atoms with Crippen molar-refractivity contribution in [3.63, 3.8) is 0 Å². The average Bonchev–Trinajstić information content (AvgIpc) is 2.81. The number of hydrogen-bond donors (Lipinski definition) is 2. The smallest absolute Gasteiger partial charge is 0.323 e. The maximum Gasteiger partial charge on any atom is 0.323 e. The van der Waals surface area contributed by atoms with Gasteiger partial charge in [0.2, 0.25) is 11.9 Å². The molecule has 0 atom stereocenters. The SMILES string of the molecule is CCCOc1nc(N)nc(NCCc2ccc(Cl)s2)n1. The lowest BCUT2D eigenvalue weighted by Crippen LogP contribution is -2.11. The molecule has 0 aliphatic rings. The number of ether oxygens (including phenoxy) is 1. The Morgan fingerprint density at radius 1 is 1.35 bits per heavy atom. The van der Waals surface area contributed by atoms with E-state index in [0.29, 0.717) is 19.1 Å². The zero-order valence-electron chi connectivity index (χ0n) is 11.1. The number of hydrogen-bond acceptors (Lipinski definition) is 7. The summed E-state index contributed by atoms with van der Waals surface area (Å²) < 4.78 is 6.14. The molecule has 2 heterocycles. The molecule has 108 valence electrons. The van der Waals surface area contributed by atoms with Crippen molar-refractivity contribution in [2.45, 2.75) is 19.8 Å². The molecule has 6 nitrogen and oxygen atoms in total. The minimum absolute atomic E-state index is 0.146. The van der Waals surface area contributed by atoms with E-state index in [2.05, 4.69) is 20.3 Å². The third-order valence-electron chi connectivity index (χ3n) is 2.35. The minimum Gasteiger partial charge on any atom is -0.463 e. The van der Waals surface area contributed by atoms with Gasteiger partial charge in [-0.3, -0.25) is 0 Å². The number of thiophene rings is 1. The highest BCUT2D eigenvalue weighted by atomic mass is 35.5. The van der Waals surface area contributed by atoms with Gasteiger partial charge in [-0.25, -0.2) is 0 Å². The molecule has 8 heteroatoms. The van der Waals surface area contributed by atoms with Crippen LogP contribution >= 0.6 is 22.9 Å². The summed E-state index contributed by atoms with van der Waals surface area (Å²) in [5, 5.41) is 3.10. The van der Waals surface area contributed by atoms with Crippen LogP contribution in [0.5, 0.6) is 6.01 Å². The molecule has 0 spiro atoms. The predicted molar refractivity (Wildman–Crippen MR) is 81.5 cm³/mol. The van der Waals surface area contributed by atoms with Crippen LogP contribution in [0.15, 0.2) is 12.1 Å². The molecule has 0 saturated carbocycles. The monoisotopic (exact) mass is 313 g/mol. The zero-order valence-corrected chi connectivity index (χ0v) is 12.7. The van der Waals surface area contributed by atoms with Gasteiger partial charge in [-0.1, -0.05) is 18.5 Å². The van der Waals surface area contributed by atoms with Crippen molar-refractivity contribution in [3.05, 3.63) is 21.3 Å². The van der Waals surface area contributed by atoms with Crippen LogP contribution in [0, 0.1) is 0 Å². The van der Waals surface area contributed by atoms with Crippen LogP contribution in [0.1, 0.15) is 18.2 Å². The first-order valence-electron chi connectivity index (χ1n) is 6.30. The summed E-state index contributed by atoms with van der Waals surface area (Å²) in [6.45, 7) is 3.25. The highest BCUT2D eigenvalue weighted by Gasteiger charge is 2.05. The third kappa shape index (κ3) is 4.50. The van der Waals surface area contributed by atoms with Crippen molar-refractivity contribution in [3.8, 4) is 6.01 Å². The first-order chi connectivity index (χ1) is 9.67. The van der Waals surface area contributed by atoms with Crippen LogP contribution < -0.4 is 15.8 Å². The van der Waals surface area contributed by atoms with Crippen LogP contribution in [0.2, 0.25) is 4.34 Å². The molecule has 3 N–H and O–H groups in total. The lowest BCUT2D eigenvalue weighted by atomic mass is 10.3. The number of nitrogen functional groups attached to an aromatic ring is 1. The fraction of sp³-hybridized carbons (Fsp3) is 0.417. The first kappa shape index (κ1) is 14.8. The minimum atomic E-state index is 0.146. The molecular weight excluding hydrogens is 298 g/mol. The van der Waals surface area contributed by atoms with Gasteiger partial charge < -0.3 is 15.8 Å². The van der Waals surface area contributed by atoms with Gasteiger partial charge in [0.25, 0.3) is 0 Å². The quantitative estimate of drug-likeness (QED) is 0.817. The van der Waals surface area contributed by atoms with Crippen LogP contribution in [0.25, 0.3) is 0 Å². The summed E-state index contributed by atoms with van der Waals surface area (Å²) in [6, 6.07) is 4.15. The van der Waals surface area contributed by atoms with Crippen molar-refractivity contribution in [1.29, 1.82) is 0 Å². The fourth-order valence-corrected chi connectivity index (χ4v) is 2.58. The van der Waals surface area contributed by atoms with Crippen molar-refractivity contribution < 1.29 is 4.74 Å². The molecule has 0 unspecified atom stereocenters. The zero-order chi connectivity index (χ0) is 14.4. The number of nitrogens with one attached hydrogen (secondary N) is 1.